The molecule has 1 atom stereocenters. The van der Waals surface area contributed by atoms with E-state index in [1.165, 1.54) is 11.2 Å². The van der Waals surface area contributed by atoms with E-state index in [-0.39, 0.29) is 6.04 Å². The number of hydrogen-bond donors (Lipinski definition) is 1. The van der Waals surface area contributed by atoms with Crippen molar-refractivity contribution in [3.63, 3.8) is 0 Å². The van der Waals surface area contributed by atoms with Crippen molar-refractivity contribution in [2.24, 2.45) is 0 Å². The molecule has 0 fully saturated rings. The van der Waals surface area contributed by atoms with Crippen molar-refractivity contribution in [3.05, 3.63) is 33.6 Å². The summed E-state index contributed by atoms with van der Waals surface area (Å²) in [4.78, 5) is 13.4. The van der Waals surface area contributed by atoms with Crippen LogP contribution in [0, 0.1) is 6.92 Å². The first-order chi connectivity index (χ1) is 7.66. The standard InChI is InChI=1S/C10H11ClN4S/c1-6-3-13-10(16-6)7(2)15-9-8(11)4-12-5-14-9/h3-5,7H,1-2H3,(H,12,14,15). The fourth-order valence-corrected chi connectivity index (χ4v) is 2.19. The Labute approximate surface area is 103 Å². The van der Waals surface area contributed by atoms with Gasteiger partial charge in [0.25, 0.3) is 0 Å². The van der Waals surface area contributed by atoms with Crippen molar-refractivity contribution in [3.8, 4) is 0 Å². The molecule has 1 N–H and O–H groups in total. The van der Waals surface area contributed by atoms with Crippen molar-refractivity contribution in [2.75, 3.05) is 5.32 Å². The van der Waals surface area contributed by atoms with Crippen LogP contribution >= 0.6 is 22.9 Å². The number of nitrogens with zero attached hydrogens (tertiary/aromatic N) is 3. The monoisotopic (exact) mass is 254 g/mol. The molecule has 4 nitrogen and oxygen atoms in total. The van der Waals surface area contributed by atoms with Crippen LogP contribution < -0.4 is 5.32 Å². The summed E-state index contributed by atoms with van der Waals surface area (Å²) in [6, 6.07) is 0.0890. The van der Waals surface area contributed by atoms with Crippen molar-refractivity contribution >= 4 is 28.8 Å². The van der Waals surface area contributed by atoms with Crippen LogP contribution in [0.3, 0.4) is 0 Å². The lowest BCUT2D eigenvalue weighted by atomic mass is 10.3. The van der Waals surface area contributed by atoms with Gasteiger partial charge in [-0.05, 0) is 13.8 Å². The molecule has 0 spiro atoms. The number of thiazole rings is 1. The molecular weight excluding hydrogens is 244 g/mol. The average molecular weight is 255 g/mol. The molecule has 0 aliphatic heterocycles. The fourth-order valence-electron chi connectivity index (χ4n) is 1.26. The predicted molar refractivity (Wildman–Crippen MR) is 65.9 cm³/mol. The second kappa shape index (κ2) is 4.76. The van der Waals surface area contributed by atoms with Gasteiger partial charge in [0, 0.05) is 11.1 Å². The number of aryl methyl sites for hydroxylation is 1. The van der Waals surface area contributed by atoms with E-state index in [2.05, 4.69) is 20.3 Å². The molecule has 0 aliphatic rings. The molecule has 16 heavy (non-hydrogen) atoms. The van der Waals surface area contributed by atoms with Crippen molar-refractivity contribution in [2.45, 2.75) is 19.9 Å². The molecule has 84 valence electrons. The summed E-state index contributed by atoms with van der Waals surface area (Å²) in [6.45, 7) is 4.06. The molecule has 0 aliphatic carbocycles. The Bertz CT molecular complexity index is 485. The smallest absolute Gasteiger partial charge is 0.148 e. The Morgan fingerprint density at radius 3 is 2.81 bits per heavy atom. The maximum atomic E-state index is 5.96. The van der Waals surface area contributed by atoms with Gasteiger partial charge in [-0.25, -0.2) is 15.0 Å². The van der Waals surface area contributed by atoms with E-state index < -0.39 is 0 Å². The summed E-state index contributed by atoms with van der Waals surface area (Å²) >= 11 is 7.62. The summed E-state index contributed by atoms with van der Waals surface area (Å²) in [5.74, 6) is 0.636. The van der Waals surface area contributed by atoms with Gasteiger partial charge in [-0.2, -0.15) is 0 Å². The summed E-state index contributed by atoms with van der Waals surface area (Å²) < 4.78 is 0. The zero-order valence-electron chi connectivity index (χ0n) is 8.94. The molecule has 2 rings (SSSR count). The number of aromatic nitrogens is 3. The second-order valence-electron chi connectivity index (χ2n) is 3.39. The van der Waals surface area contributed by atoms with Gasteiger partial charge in [-0.15, -0.1) is 11.3 Å². The number of nitrogens with one attached hydrogen (secondary N) is 1. The van der Waals surface area contributed by atoms with Gasteiger partial charge in [0.2, 0.25) is 0 Å². The highest BCUT2D eigenvalue weighted by Gasteiger charge is 2.11. The third kappa shape index (κ3) is 2.48. The molecule has 0 saturated heterocycles. The Hall–Kier alpha value is -1.20. The van der Waals surface area contributed by atoms with E-state index in [1.807, 2.05) is 20.0 Å². The number of hydrogen-bond acceptors (Lipinski definition) is 5. The Kier molecular flexibility index (Phi) is 3.36. The van der Waals surface area contributed by atoms with Gasteiger partial charge in [0.15, 0.2) is 0 Å². The molecule has 1 unspecified atom stereocenters. The van der Waals surface area contributed by atoms with Crippen molar-refractivity contribution in [1.29, 1.82) is 0 Å². The average Bonchev–Trinajstić information content (AvgIpc) is 2.68. The Morgan fingerprint density at radius 1 is 1.38 bits per heavy atom. The Morgan fingerprint density at radius 2 is 2.19 bits per heavy atom. The Balaban J connectivity index is 2.13. The van der Waals surface area contributed by atoms with Crippen LogP contribution in [0.15, 0.2) is 18.7 Å². The van der Waals surface area contributed by atoms with Crippen LogP contribution in [-0.2, 0) is 0 Å². The van der Waals surface area contributed by atoms with Gasteiger partial charge >= 0.3 is 0 Å². The highest BCUT2D eigenvalue weighted by atomic mass is 35.5. The fraction of sp³-hybridized carbons (Fsp3) is 0.300. The lowest BCUT2D eigenvalue weighted by Gasteiger charge is -2.12. The van der Waals surface area contributed by atoms with E-state index >= 15 is 0 Å². The predicted octanol–water partition coefficient (Wildman–Crippen LogP) is 3.07. The van der Waals surface area contributed by atoms with E-state index in [0.717, 1.165) is 5.01 Å². The molecular formula is C10H11ClN4S. The normalized spacial score (nSPS) is 12.4. The van der Waals surface area contributed by atoms with Crippen LogP contribution in [0.4, 0.5) is 5.82 Å². The van der Waals surface area contributed by atoms with E-state index in [0.29, 0.717) is 10.8 Å². The maximum absolute atomic E-state index is 5.96. The highest BCUT2D eigenvalue weighted by Crippen LogP contribution is 2.25. The third-order valence-electron chi connectivity index (χ3n) is 2.03. The molecule has 2 heterocycles. The second-order valence-corrected chi connectivity index (χ2v) is 5.07. The number of anilines is 1. The van der Waals surface area contributed by atoms with Gasteiger partial charge in [0.1, 0.15) is 22.2 Å². The third-order valence-corrected chi connectivity index (χ3v) is 3.40. The minimum Gasteiger partial charge on any atom is -0.360 e. The molecule has 0 amide bonds. The topological polar surface area (TPSA) is 50.7 Å². The summed E-state index contributed by atoms with van der Waals surface area (Å²) in [6.07, 6.45) is 4.89. The highest BCUT2D eigenvalue weighted by molar-refractivity contribution is 7.11. The SMILES string of the molecule is Cc1cnc(C(C)Nc2ncncc2Cl)s1. The zero-order chi connectivity index (χ0) is 11.5. The number of halogens is 1. The lowest BCUT2D eigenvalue weighted by molar-refractivity contribution is 0.858. The van der Waals surface area contributed by atoms with Crippen LogP contribution in [0.1, 0.15) is 22.9 Å². The molecule has 0 bridgehead atoms. The van der Waals surface area contributed by atoms with Crippen LogP contribution in [-0.4, -0.2) is 15.0 Å². The van der Waals surface area contributed by atoms with Crippen LogP contribution in [0.5, 0.6) is 0 Å². The molecule has 0 aromatic carbocycles. The van der Waals surface area contributed by atoms with E-state index in [1.54, 1.807) is 17.5 Å². The molecule has 0 radical (unpaired) electrons. The largest absolute Gasteiger partial charge is 0.360 e. The zero-order valence-corrected chi connectivity index (χ0v) is 10.5. The molecule has 0 saturated carbocycles. The first kappa shape index (κ1) is 11.3. The van der Waals surface area contributed by atoms with Gasteiger partial charge in [-0.1, -0.05) is 11.6 Å². The van der Waals surface area contributed by atoms with Crippen molar-refractivity contribution in [1.82, 2.24) is 15.0 Å². The first-order valence-electron chi connectivity index (χ1n) is 4.81. The van der Waals surface area contributed by atoms with E-state index in [4.69, 9.17) is 11.6 Å². The molecule has 2 aromatic heterocycles. The molecule has 6 heteroatoms. The quantitative estimate of drug-likeness (QED) is 0.915. The summed E-state index contributed by atoms with van der Waals surface area (Å²) in [5.41, 5.74) is 0. The van der Waals surface area contributed by atoms with Gasteiger partial charge in [-0.3, -0.25) is 0 Å². The summed E-state index contributed by atoms with van der Waals surface area (Å²) in [5, 5.41) is 4.74. The molecule has 2 aromatic rings. The van der Waals surface area contributed by atoms with Crippen LogP contribution in [0.25, 0.3) is 0 Å². The summed E-state index contributed by atoms with van der Waals surface area (Å²) in [7, 11) is 0. The van der Waals surface area contributed by atoms with Crippen LogP contribution in [0.2, 0.25) is 5.02 Å². The minimum absolute atomic E-state index is 0.0890. The van der Waals surface area contributed by atoms with E-state index in [9.17, 15) is 0 Å². The maximum Gasteiger partial charge on any atom is 0.148 e. The number of rotatable bonds is 3. The minimum atomic E-state index is 0.0890. The van der Waals surface area contributed by atoms with Gasteiger partial charge < -0.3 is 5.32 Å². The first-order valence-corrected chi connectivity index (χ1v) is 6.00. The van der Waals surface area contributed by atoms with Crippen molar-refractivity contribution < 1.29 is 0 Å². The lowest BCUT2D eigenvalue weighted by Crippen LogP contribution is -2.08. The van der Waals surface area contributed by atoms with Gasteiger partial charge in [0.05, 0.1) is 12.2 Å².